The van der Waals surface area contributed by atoms with Crippen LogP contribution in [-0.4, -0.2) is 42.3 Å². The fourth-order valence-electron chi connectivity index (χ4n) is 5.25. The van der Waals surface area contributed by atoms with Crippen molar-refractivity contribution < 1.29 is 0 Å². The maximum absolute atomic E-state index is 2.65. The summed E-state index contributed by atoms with van der Waals surface area (Å²) in [6.07, 6.45) is 26.2. The third-order valence-corrected chi connectivity index (χ3v) is 23.2. The predicted molar refractivity (Wildman–Crippen MR) is 158 cm³/mol. The molecule has 0 unspecified atom stereocenters. The molecular formula is C30H56SSn2. The van der Waals surface area contributed by atoms with Gasteiger partial charge in [0.2, 0.25) is 0 Å². The third-order valence-electron chi connectivity index (χ3n) is 7.50. The normalized spacial score (nSPS) is 12.5. The molecule has 0 saturated heterocycles. The molecule has 1 aromatic heterocycles. The first kappa shape index (κ1) is 32.3. The van der Waals surface area contributed by atoms with E-state index >= 15 is 0 Å². The van der Waals surface area contributed by atoms with E-state index in [1.807, 2.05) is 6.47 Å². The van der Waals surface area contributed by atoms with Crippen LogP contribution in [0.25, 0.3) is 0 Å². The van der Waals surface area contributed by atoms with Crippen LogP contribution in [0.1, 0.15) is 157 Å². The molecule has 0 N–H and O–H groups in total. The number of unbranched alkanes of at least 4 members (excludes halogenated alkanes) is 6. The molecule has 3 heteroatoms. The van der Waals surface area contributed by atoms with Gasteiger partial charge in [0.05, 0.1) is 0 Å². The van der Waals surface area contributed by atoms with E-state index in [4.69, 9.17) is 0 Å². The topological polar surface area (TPSA) is 0 Å². The van der Waals surface area contributed by atoms with E-state index in [0.717, 1.165) is 6.86 Å². The zero-order valence-electron chi connectivity index (χ0n) is 23.3. The van der Waals surface area contributed by atoms with Crippen molar-refractivity contribution in [1.82, 2.24) is 0 Å². The third kappa shape index (κ3) is 12.4. The molecule has 0 spiro atoms. The fourth-order valence-corrected chi connectivity index (χ4v) is 21.6. The molecule has 4 radical (unpaired) electrons. The Hall–Kier alpha value is 1.30. The van der Waals surface area contributed by atoms with Gasteiger partial charge in [0, 0.05) is 0 Å². The fraction of sp³-hybridized carbons (Fsp3) is 0.867. The van der Waals surface area contributed by atoms with Crippen molar-refractivity contribution in [3.63, 3.8) is 0 Å². The quantitative estimate of drug-likeness (QED) is 0.107. The van der Waals surface area contributed by atoms with E-state index in [1.54, 1.807) is 0 Å². The first-order valence-electron chi connectivity index (χ1n) is 14.7. The molecule has 0 aliphatic rings. The van der Waals surface area contributed by atoms with Crippen LogP contribution >= 0.6 is 11.3 Å². The second-order valence-corrected chi connectivity index (χ2v) is 23.0. The maximum atomic E-state index is 2.65. The van der Waals surface area contributed by atoms with Crippen LogP contribution in [-0.2, 0) is 0 Å². The first-order valence-corrected chi connectivity index (χ1v) is 21.3. The van der Waals surface area contributed by atoms with Crippen LogP contribution in [0.15, 0.2) is 11.4 Å². The van der Waals surface area contributed by atoms with Gasteiger partial charge in [-0.1, -0.05) is 0 Å². The van der Waals surface area contributed by atoms with Gasteiger partial charge >= 0.3 is 236 Å². The number of hydrogen-bond acceptors (Lipinski definition) is 1. The second-order valence-electron chi connectivity index (χ2n) is 10.6. The van der Waals surface area contributed by atoms with E-state index in [-0.39, 0.29) is 0 Å². The molecule has 0 amide bonds. The molecule has 0 bridgehead atoms. The minimum atomic E-state index is -0.587. The monoisotopic (exact) mass is 688 g/mol. The van der Waals surface area contributed by atoms with Gasteiger partial charge in [-0.3, -0.25) is 0 Å². The average Bonchev–Trinajstić information content (AvgIpc) is 3.26. The van der Waals surface area contributed by atoms with E-state index in [0.29, 0.717) is 0 Å². The SMILES string of the molecule is CCCC[C](CCCC)(CCCC)[Sn][c]1ccs[c]1[Sn][C](CCCC)(CCCC)CCCC. The van der Waals surface area contributed by atoms with Gasteiger partial charge in [0.25, 0.3) is 0 Å². The Morgan fingerprint density at radius 3 is 1.21 bits per heavy atom. The van der Waals surface area contributed by atoms with E-state index in [9.17, 15) is 0 Å². The number of rotatable bonds is 22. The average molecular weight is 686 g/mol. The van der Waals surface area contributed by atoms with Crippen molar-refractivity contribution in [2.45, 2.75) is 164 Å². The van der Waals surface area contributed by atoms with Crippen molar-refractivity contribution in [3.8, 4) is 0 Å². The second kappa shape index (κ2) is 19.4. The molecule has 0 aliphatic carbocycles. The minimum absolute atomic E-state index is 0.579. The summed E-state index contributed by atoms with van der Waals surface area (Å²) in [4.78, 5) is 0. The predicted octanol–water partition coefficient (Wildman–Crippen LogP) is 9.87. The molecule has 1 heterocycles. The molecule has 0 fully saturated rings. The molecule has 1 rings (SSSR count). The molecule has 0 aromatic carbocycles. The van der Waals surface area contributed by atoms with Gasteiger partial charge < -0.3 is 0 Å². The van der Waals surface area contributed by atoms with Gasteiger partial charge in [-0.25, -0.2) is 0 Å². The van der Waals surface area contributed by atoms with Crippen LogP contribution in [0.4, 0.5) is 0 Å². The summed E-state index contributed by atoms with van der Waals surface area (Å²) >= 11 is 1.04. The summed E-state index contributed by atoms with van der Waals surface area (Å²) in [5.41, 5.74) is 0. The van der Waals surface area contributed by atoms with Crippen LogP contribution in [0, 0.1) is 0 Å². The van der Waals surface area contributed by atoms with Crippen LogP contribution in [0.2, 0.25) is 6.86 Å². The van der Waals surface area contributed by atoms with Crippen molar-refractivity contribution >= 4 is 60.1 Å². The first-order chi connectivity index (χ1) is 16.0. The summed E-state index contributed by atoms with van der Waals surface area (Å²) in [6.45, 7) is 14.4. The Morgan fingerprint density at radius 1 is 0.545 bits per heavy atom. The van der Waals surface area contributed by atoms with Crippen molar-refractivity contribution in [1.29, 1.82) is 0 Å². The Balaban J connectivity index is 3.20. The van der Waals surface area contributed by atoms with Gasteiger partial charge in [-0.2, -0.15) is 0 Å². The van der Waals surface area contributed by atoms with Gasteiger partial charge in [0.15, 0.2) is 0 Å². The Kier molecular flexibility index (Phi) is 19.0. The van der Waals surface area contributed by atoms with Crippen molar-refractivity contribution in [2.24, 2.45) is 0 Å². The van der Waals surface area contributed by atoms with Gasteiger partial charge in [-0.05, 0) is 0 Å². The molecule has 0 nitrogen and oxygen atoms in total. The molecule has 0 atom stereocenters. The van der Waals surface area contributed by atoms with Crippen LogP contribution in [0.3, 0.4) is 0 Å². The number of thiophene rings is 1. The van der Waals surface area contributed by atoms with E-state index in [2.05, 4.69) is 64.3 Å². The Morgan fingerprint density at radius 2 is 0.879 bits per heavy atom. The van der Waals surface area contributed by atoms with Crippen molar-refractivity contribution in [3.05, 3.63) is 11.4 Å². The van der Waals surface area contributed by atoms with Gasteiger partial charge in [-0.15, -0.1) is 0 Å². The van der Waals surface area contributed by atoms with E-state index in [1.165, 1.54) is 116 Å². The summed E-state index contributed by atoms with van der Waals surface area (Å²) in [6, 6.07) is 2.65. The standard InChI is InChI=1S/2C13H27.C4H2S.2Sn/c2*1-4-7-10-13(11-8-5-2)12-9-6-3;1-2-4-5-3-1;;/h2*4-12H2,1-3H3;1,3H;;. The molecule has 0 saturated carbocycles. The van der Waals surface area contributed by atoms with Crippen molar-refractivity contribution in [2.75, 3.05) is 0 Å². The number of hydrogen-bond donors (Lipinski definition) is 0. The molecular weight excluding hydrogens is 630 g/mol. The zero-order valence-corrected chi connectivity index (χ0v) is 29.8. The summed E-state index contributed by atoms with van der Waals surface area (Å²) < 4.78 is 5.46. The Bertz CT molecular complexity index is 488. The van der Waals surface area contributed by atoms with Crippen LogP contribution < -0.4 is 6.47 Å². The van der Waals surface area contributed by atoms with E-state index < -0.39 is 42.3 Å². The summed E-state index contributed by atoms with van der Waals surface area (Å²) in [5.74, 6) is 0. The molecule has 0 aliphatic heterocycles. The molecule has 1 aromatic rings. The van der Waals surface area contributed by atoms with Crippen LogP contribution in [0.5, 0.6) is 0 Å². The Labute approximate surface area is 233 Å². The molecule has 33 heavy (non-hydrogen) atoms. The molecule has 190 valence electrons. The summed E-state index contributed by atoms with van der Waals surface area (Å²) in [5, 5.41) is 2.51. The zero-order chi connectivity index (χ0) is 24.4. The van der Waals surface area contributed by atoms with Gasteiger partial charge in [0.1, 0.15) is 0 Å². The summed E-state index contributed by atoms with van der Waals surface area (Å²) in [7, 11) is 0.